The lowest BCUT2D eigenvalue weighted by atomic mass is 10.3. The van der Waals surface area contributed by atoms with Crippen LogP contribution in [0.2, 0.25) is 5.15 Å². The van der Waals surface area contributed by atoms with Gasteiger partial charge in [0, 0.05) is 0 Å². The molecule has 0 atom stereocenters. The largest absolute Gasteiger partial charge is 0.342 e. The van der Waals surface area contributed by atoms with E-state index in [1.165, 1.54) is 17.7 Å². The van der Waals surface area contributed by atoms with Crippen LogP contribution in [0.1, 0.15) is 0 Å². The van der Waals surface area contributed by atoms with E-state index in [2.05, 4.69) is 22.2 Å². The molecule has 0 unspecified atom stereocenters. The van der Waals surface area contributed by atoms with Crippen LogP contribution in [0.15, 0.2) is 24.9 Å². The molecule has 0 aliphatic rings. The van der Waals surface area contributed by atoms with Gasteiger partial charge in [-0.3, -0.25) is 10.0 Å². The van der Waals surface area contributed by atoms with Crippen molar-refractivity contribution in [1.29, 1.82) is 0 Å². The van der Waals surface area contributed by atoms with Crippen LogP contribution in [-0.4, -0.2) is 22.1 Å². The van der Waals surface area contributed by atoms with E-state index in [1.807, 2.05) is 0 Å². The fourth-order valence-electron chi connectivity index (χ4n) is 0.947. The first kappa shape index (κ1) is 12.9. The predicted octanol–water partition coefficient (Wildman–Crippen LogP) is 1.37. The van der Waals surface area contributed by atoms with Gasteiger partial charge in [0.25, 0.3) is 0 Å². The molecule has 0 saturated carbocycles. The summed E-state index contributed by atoms with van der Waals surface area (Å²) < 4.78 is 0. The van der Waals surface area contributed by atoms with Crippen molar-refractivity contribution < 1.29 is 14.8 Å². The number of aromatic nitrogens is 1. The third-order valence-electron chi connectivity index (χ3n) is 1.64. The van der Waals surface area contributed by atoms with Gasteiger partial charge in [-0.2, -0.15) is 0 Å². The summed E-state index contributed by atoms with van der Waals surface area (Å²) in [5.74, 6) is -0.461. The van der Waals surface area contributed by atoms with Crippen molar-refractivity contribution in [3.05, 3.63) is 30.1 Å². The quantitative estimate of drug-likeness (QED) is 0.284. The van der Waals surface area contributed by atoms with Gasteiger partial charge in [-0.1, -0.05) is 18.2 Å². The number of halogens is 1. The van der Waals surface area contributed by atoms with Crippen molar-refractivity contribution >= 4 is 34.9 Å². The monoisotopic (exact) mass is 256 g/mol. The van der Waals surface area contributed by atoms with Gasteiger partial charge in [0.2, 0.25) is 5.91 Å². The maximum Gasteiger partial charge on any atom is 0.342 e. The van der Waals surface area contributed by atoms with Crippen molar-refractivity contribution in [2.45, 2.75) is 0 Å². The van der Waals surface area contributed by atoms with Crippen LogP contribution in [0, 0.1) is 0 Å². The first-order chi connectivity index (χ1) is 8.06. The van der Waals surface area contributed by atoms with Gasteiger partial charge in [-0.05, 0) is 12.1 Å². The Labute approximate surface area is 101 Å². The van der Waals surface area contributed by atoms with E-state index in [9.17, 15) is 9.59 Å². The van der Waals surface area contributed by atoms with Crippen LogP contribution in [0.3, 0.4) is 0 Å². The Kier molecular flexibility index (Phi) is 4.44. The number of pyridine rings is 1. The molecule has 0 aromatic carbocycles. The van der Waals surface area contributed by atoms with E-state index in [0.29, 0.717) is 0 Å². The van der Waals surface area contributed by atoms with E-state index < -0.39 is 11.9 Å². The highest BCUT2D eigenvalue weighted by molar-refractivity contribution is 6.32. The fourth-order valence-corrected chi connectivity index (χ4v) is 1.10. The smallest absolute Gasteiger partial charge is 0.320 e. The third-order valence-corrected chi connectivity index (χ3v) is 1.94. The van der Waals surface area contributed by atoms with Crippen LogP contribution in [0.5, 0.6) is 0 Å². The second-order valence-electron chi connectivity index (χ2n) is 2.82. The SMILES string of the molecule is C=CC(=O)Nc1cc(NC(=O)NO)cnc1Cl. The molecule has 0 aliphatic carbocycles. The minimum Gasteiger partial charge on any atom is -0.320 e. The maximum atomic E-state index is 11.1. The highest BCUT2D eigenvalue weighted by atomic mass is 35.5. The number of hydrogen-bond donors (Lipinski definition) is 4. The molecule has 17 heavy (non-hydrogen) atoms. The molecule has 0 aliphatic heterocycles. The zero-order chi connectivity index (χ0) is 12.8. The van der Waals surface area contributed by atoms with Gasteiger partial charge in [0.1, 0.15) is 0 Å². The standard InChI is InChI=1S/C9H9ClN4O3/c1-2-7(15)13-6-3-5(4-11-8(6)10)12-9(16)14-17/h2-4,17H,1H2,(H,13,15)(H2,12,14,16). The van der Waals surface area contributed by atoms with Crippen LogP contribution >= 0.6 is 11.6 Å². The molecule has 0 saturated heterocycles. The minimum atomic E-state index is -0.838. The van der Waals surface area contributed by atoms with Crippen molar-refractivity contribution in [3.63, 3.8) is 0 Å². The molecular formula is C9H9ClN4O3. The first-order valence-corrected chi connectivity index (χ1v) is 4.74. The number of amides is 3. The molecule has 0 radical (unpaired) electrons. The number of hydrogen-bond acceptors (Lipinski definition) is 4. The molecule has 1 rings (SSSR count). The lowest BCUT2D eigenvalue weighted by molar-refractivity contribution is -0.111. The summed E-state index contributed by atoms with van der Waals surface area (Å²) in [6.07, 6.45) is 2.33. The Morgan fingerprint density at radius 2 is 2.18 bits per heavy atom. The molecule has 0 bridgehead atoms. The molecule has 1 heterocycles. The summed E-state index contributed by atoms with van der Waals surface area (Å²) in [5, 5.41) is 13.0. The van der Waals surface area contributed by atoms with E-state index in [4.69, 9.17) is 16.8 Å². The molecule has 0 fully saturated rings. The van der Waals surface area contributed by atoms with Crippen molar-refractivity contribution in [1.82, 2.24) is 10.5 Å². The number of nitrogens with zero attached hydrogens (tertiary/aromatic N) is 1. The Morgan fingerprint density at radius 1 is 1.47 bits per heavy atom. The number of carbonyl (C=O) groups excluding carboxylic acids is 2. The molecule has 4 N–H and O–H groups in total. The molecule has 90 valence electrons. The van der Waals surface area contributed by atoms with Crippen LogP contribution < -0.4 is 16.1 Å². The number of hydroxylamine groups is 1. The predicted molar refractivity (Wildman–Crippen MR) is 62.0 cm³/mol. The number of nitrogens with one attached hydrogen (secondary N) is 3. The zero-order valence-electron chi connectivity index (χ0n) is 8.53. The summed E-state index contributed by atoms with van der Waals surface area (Å²) in [7, 11) is 0. The number of carbonyl (C=O) groups is 2. The maximum absolute atomic E-state index is 11.1. The zero-order valence-corrected chi connectivity index (χ0v) is 9.28. The second kappa shape index (κ2) is 5.83. The topological polar surface area (TPSA) is 103 Å². The van der Waals surface area contributed by atoms with Gasteiger partial charge >= 0.3 is 6.03 Å². The summed E-state index contributed by atoms with van der Waals surface area (Å²) in [5.41, 5.74) is 1.85. The van der Waals surface area contributed by atoms with Gasteiger partial charge in [-0.15, -0.1) is 0 Å². The second-order valence-corrected chi connectivity index (χ2v) is 3.18. The van der Waals surface area contributed by atoms with Crippen molar-refractivity contribution in [2.24, 2.45) is 0 Å². The highest BCUT2D eigenvalue weighted by Gasteiger charge is 2.07. The Balaban J connectivity index is 2.89. The summed E-state index contributed by atoms with van der Waals surface area (Å²) in [4.78, 5) is 25.6. The van der Waals surface area contributed by atoms with E-state index in [1.54, 1.807) is 0 Å². The molecule has 8 heteroatoms. The normalized spacial score (nSPS) is 9.29. The van der Waals surface area contributed by atoms with E-state index in [0.717, 1.165) is 6.08 Å². The van der Waals surface area contributed by atoms with Crippen molar-refractivity contribution in [2.75, 3.05) is 10.6 Å². The number of urea groups is 1. The van der Waals surface area contributed by atoms with Crippen LogP contribution in [0.25, 0.3) is 0 Å². The molecule has 7 nitrogen and oxygen atoms in total. The molecular weight excluding hydrogens is 248 g/mol. The average Bonchev–Trinajstić information content (AvgIpc) is 2.33. The molecule has 1 aromatic heterocycles. The van der Waals surface area contributed by atoms with E-state index >= 15 is 0 Å². The summed E-state index contributed by atoms with van der Waals surface area (Å²) >= 11 is 5.73. The number of anilines is 2. The van der Waals surface area contributed by atoms with E-state index in [-0.39, 0.29) is 16.5 Å². The Morgan fingerprint density at radius 3 is 2.76 bits per heavy atom. The average molecular weight is 257 g/mol. The third kappa shape index (κ3) is 3.74. The van der Waals surface area contributed by atoms with Gasteiger partial charge in [-0.25, -0.2) is 15.3 Å². The summed E-state index contributed by atoms with van der Waals surface area (Å²) in [6.45, 7) is 3.28. The molecule has 1 aromatic rings. The lowest BCUT2D eigenvalue weighted by Gasteiger charge is -2.07. The Bertz CT molecular complexity index is 464. The summed E-state index contributed by atoms with van der Waals surface area (Å²) in [6, 6.07) is 0.543. The van der Waals surface area contributed by atoms with Gasteiger partial charge in [0.15, 0.2) is 5.15 Å². The van der Waals surface area contributed by atoms with Crippen LogP contribution in [-0.2, 0) is 4.79 Å². The lowest BCUT2D eigenvalue weighted by Crippen LogP contribution is -2.25. The highest BCUT2D eigenvalue weighted by Crippen LogP contribution is 2.22. The minimum absolute atomic E-state index is 0.0650. The fraction of sp³-hybridized carbons (Fsp3) is 0. The number of rotatable bonds is 3. The van der Waals surface area contributed by atoms with Crippen molar-refractivity contribution in [3.8, 4) is 0 Å². The Hall–Kier alpha value is -2.12. The molecule has 0 spiro atoms. The molecule has 3 amide bonds. The van der Waals surface area contributed by atoms with Crippen LogP contribution in [0.4, 0.5) is 16.2 Å². The first-order valence-electron chi connectivity index (χ1n) is 4.37. The van der Waals surface area contributed by atoms with Gasteiger partial charge in [0.05, 0.1) is 17.6 Å². The van der Waals surface area contributed by atoms with Gasteiger partial charge < -0.3 is 10.6 Å².